The van der Waals surface area contributed by atoms with Crippen molar-refractivity contribution in [2.75, 3.05) is 26.3 Å². The van der Waals surface area contributed by atoms with E-state index in [4.69, 9.17) is 4.74 Å². The second kappa shape index (κ2) is 3.52. The molecule has 0 aromatic rings. The lowest BCUT2D eigenvalue weighted by Gasteiger charge is -2.36. The summed E-state index contributed by atoms with van der Waals surface area (Å²) in [7, 11) is 0. The summed E-state index contributed by atoms with van der Waals surface area (Å²) >= 11 is 0. The first kappa shape index (κ1) is 8.97. The minimum absolute atomic E-state index is 0.484. The van der Waals surface area contributed by atoms with Crippen molar-refractivity contribution in [3.05, 3.63) is 0 Å². The Morgan fingerprint density at radius 1 is 1.55 bits per heavy atom. The van der Waals surface area contributed by atoms with E-state index in [1.54, 1.807) is 0 Å². The second-order valence-electron chi connectivity index (χ2n) is 3.74. The van der Waals surface area contributed by atoms with E-state index >= 15 is 0 Å². The third-order valence-corrected chi connectivity index (χ3v) is 1.75. The molecule has 0 amide bonds. The minimum Gasteiger partial charge on any atom is -0.384 e. The molecule has 0 bridgehead atoms. The summed E-state index contributed by atoms with van der Waals surface area (Å²) in [5, 5.41) is 12.7. The Labute approximate surface area is 67.7 Å². The lowest BCUT2D eigenvalue weighted by molar-refractivity contribution is -0.174. The summed E-state index contributed by atoms with van der Waals surface area (Å²) in [5.74, 6) is 0.639. The Balaban J connectivity index is 2.02. The van der Waals surface area contributed by atoms with E-state index < -0.39 is 5.60 Å². The highest BCUT2D eigenvalue weighted by molar-refractivity contribution is 4.87. The molecule has 1 rings (SSSR count). The Kier molecular flexibility index (Phi) is 2.87. The SMILES string of the molecule is CC(C)CNCC1(O)COC1. The zero-order chi connectivity index (χ0) is 8.32. The molecule has 66 valence electrons. The molecular weight excluding hydrogens is 142 g/mol. The maximum absolute atomic E-state index is 9.54. The standard InChI is InChI=1S/C8H17NO2/c1-7(2)3-9-4-8(10)5-11-6-8/h7,9-10H,3-6H2,1-2H3. The van der Waals surface area contributed by atoms with Gasteiger partial charge in [-0.25, -0.2) is 0 Å². The van der Waals surface area contributed by atoms with Gasteiger partial charge in [0, 0.05) is 6.54 Å². The van der Waals surface area contributed by atoms with Crippen LogP contribution >= 0.6 is 0 Å². The zero-order valence-electron chi connectivity index (χ0n) is 7.26. The number of nitrogens with one attached hydrogen (secondary N) is 1. The van der Waals surface area contributed by atoms with Crippen molar-refractivity contribution in [2.24, 2.45) is 5.92 Å². The van der Waals surface area contributed by atoms with Crippen LogP contribution in [0.5, 0.6) is 0 Å². The van der Waals surface area contributed by atoms with Crippen LogP contribution in [0.1, 0.15) is 13.8 Å². The van der Waals surface area contributed by atoms with Gasteiger partial charge in [-0.05, 0) is 12.5 Å². The van der Waals surface area contributed by atoms with Gasteiger partial charge in [0.1, 0.15) is 5.60 Å². The van der Waals surface area contributed by atoms with Gasteiger partial charge in [0.25, 0.3) is 0 Å². The number of rotatable bonds is 4. The molecule has 1 aliphatic rings. The molecule has 0 unspecified atom stereocenters. The highest BCUT2D eigenvalue weighted by atomic mass is 16.5. The molecule has 11 heavy (non-hydrogen) atoms. The van der Waals surface area contributed by atoms with Gasteiger partial charge < -0.3 is 15.2 Å². The summed E-state index contributed by atoms with van der Waals surface area (Å²) in [6.07, 6.45) is 0. The smallest absolute Gasteiger partial charge is 0.123 e. The van der Waals surface area contributed by atoms with Gasteiger partial charge in [0.15, 0.2) is 0 Å². The van der Waals surface area contributed by atoms with Crippen LogP contribution in [0.15, 0.2) is 0 Å². The van der Waals surface area contributed by atoms with Gasteiger partial charge in [0.2, 0.25) is 0 Å². The molecule has 1 aliphatic heterocycles. The first-order valence-corrected chi connectivity index (χ1v) is 4.13. The van der Waals surface area contributed by atoms with Crippen molar-refractivity contribution in [1.29, 1.82) is 0 Å². The quantitative estimate of drug-likeness (QED) is 0.606. The molecule has 0 saturated carbocycles. The fraction of sp³-hybridized carbons (Fsp3) is 1.00. The summed E-state index contributed by atoms with van der Waals surface area (Å²) in [6, 6.07) is 0. The molecule has 0 atom stereocenters. The van der Waals surface area contributed by atoms with Crippen LogP contribution in [0, 0.1) is 5.92 Å². The molecule has 3 nitrogen and oxygen atoms in total. The summed E-state index contributed by atoms with van der Waals surface area (Å²) in [4.78, 5) is 0. The van der Waals surface area contributed by atoms with Crippen molar-refractivity contribution in [2.45, 2.75) is 19.4 Å². The maximum Gasteiger partial charge on any atom is 0.123 e. The lowest BCUT2D eigenvalue weighted by atomic mass is 10.0. The van der Waals surface area contributed by atoms with Crippen LogP contribution in [-0.4, -0.2) is 37.0 Å². The Bertz CT molecular complexity index is 121. The lowest BCUT2D eigenvalue weighted by Crippen LogP contribution is -2.56. The first-order valence-electron chi connectivity index (χ1n) is 4.13. The van der Waals surface area contributed by atoms with E-state index in [0.29, 0.717) is 25.7 Å². The van der Waals surface area contributed by atoms with E-state index in [2.05, 4.69) is 19.2 Å². The fourth-order valence-corrected chi connectivity index (χ4v) is 1.03. The van der Waals surface area contributed by atoms with E-state index in [0.717, 1.165) is 6.54 Å². The minimum atomic E-state index is -0.575. The Morgan fingerprint density at radius 2 is 2.18 bits per heavy atom. The van der Waals surface area contributed by atoms with E-state index in [1.807, 2.05) is 0 Å². The number of aliphatic hydroxyl groups is 1. The Hall–Kier alpha value is -0.120. The first-order chi connectivity index (χ1) is 5.12. The van der Waals surface area contributed by atoms with Crippen molar-refractivity contribution in [3.8, 4) is 0 Å². The highest BCUT2D eigenvalue weighted by Gasteiger charge is 2.35. The molecule has 1 saturated heterocycles. The average molecular weight is 159 g/mol. The van der Waals surface area contributed by atoms with Gasteiger partial charge in [-0.2, -0.15) is 0 Å². The Morgan fingerprint density at radius 3 is 2.55 bits per heavy atom. The normalized spacial score (nSPS) is 21.8. The largest absolute Gasteiger partial charge is 0.384 e. The van der Waals surface area contributed by atoms with Crippen LogP contribution in [-0.2, 0) is 4.74 Å². The van der Waals surface area contributed by atoms with Crippen molar-refractivity contribution < 1.29 is 9.84 Å². The highest BCUT2D eigenvalue weighted by Crippen LogP contribution is 2.14. The molecule has 0 aromatic carbocycles. The average Bonchev–Trinajstić information content (AvgIpc) is 1.83. The van der Waals surface area contributed by atoms with E-state index in [1.165, 1.54) is 0 Å². The van der Waals surface area contributed by atoms with Crippen LogP contribution < -0.4 is 5.32 Å². The van der Waals surface area contributed by atoms with Gasteiger partial charge >= 0.3 is 0 Å². The monoisotopic (exact) mass is 159 g/mol. The van der Waals surface area contributed by atoms with Gasteiger partial charge in [0.05, 0.1) is 13.2 Å². The summed E-state index contributed by atoms with van der Waals surface area (Å²) in [5.41, 5.74) is -0.575. The molecular formula is C8H17NO2. The van der Waals surface area contributed by atoms with Crippen LogP contribution in [0.4, 0.5) is 0 Å². The molecule has 0 aliphatic carbocycles. The van der Waals surface area contributed by atoms with Crippen LogP contribution in [0.2, 0.25) is 0 Å². The molecule has 1 heterocycles. The predicted molar refractivity (Wildman–Crippen MR) is 43.5 cm³/mol. The van der Waals surface area contributed by atoms with Gasteiger partial charge in [-0.1, -0.05) is 13.8 Å². The molecule has 1 fully saturated rings. The van der Waals surface area contributed by atoms with Crippen molar-refractivity contribution in [3.63, 3.8) is 0 Å². The van der Waals surface area contributed by atoms with E-state index in [9.17, 15) is 5.11 Å². The summed E-state index contributed by atoms with van der Waals surface area (Å²) in [6.45, 7) is 6.88. The molecule has 0 spiro atoms. The van der Waals surface area contributed by atoms with Crippen LogP contribution in [0.3, 0.4) is 0 Å². The van der Waals surface area contributed by atoms with Crippen LogP contribution in [0.25, 0.3) is 0 Å². The van der Waals surface area contributed by atoms with E-state index in [-0.39, 0.29) is 0 Å². The fourth-order valence-electron chi connectivity index (χ4n) is 1.03. The third kappa shape index (κ3) is 2.77. The van der Waals surface area contributed by atoms with Gasteiger partial charge in [-0.3, -0.25) is 0 Å². The molecule has 0 radical (unpaired) electrons. The number of ether oxygens (including phenoxy) is 1. The molecule has 3 heteroatoms. The molecule has 2 N–H and O–H groups in total. The molecule has 0 aromatic heterocycles. The third-order valence-electron chi connectivity index (χ3n) is 1.75. The number of hydrogen-bond donors (Lipinski definition) is 2. The number of hydrogen-bond acceptors (Lipinski definition) is 3. The predicted octanol–water partition coefficient (Wildman–Crippen LogP) is -0.00670. The van der Waals surface area contributed by atoms with Gasteiger partial charge in [-0.15, -0.1) is 0 Å². The topological polar surface area (TPSA) is 41.5 Å². The second-order valence-corrected chi connectivity index (χ2v) is 3.74. The van der Waals surface area contributed by atoms with Crippen molar-refractivity contribution >= 4 is 0 Å². The maximum atomic E-state index is 9.54. The summed E-state index contributed by atoms with van der Waals surface area (Å²) < 4.78 is 4.91. The zero-order valence-corrected chi connectivity index (χ0v) is 7.26. The van der Waals surface area contributed by atoms with Crippen molar-refractivity contribution in [1.82, 2.24) is 5.32 Å².